The first-order valence-corrected chi connectivity index (χ1v) is 13.6. The van der Waals surface area contributed by atoms with E-state index in [1.807, 2.05) is 12.1 Å². The van der Waals surface area contributed by atoms with Gasteiger partial charge in [0.25, 0.3) is 0 Å². The van der Waals surface area contributed by atoms with Crippen molar-refractivity contribution in [1.29, 1.82) is 0 Å². The van der Waals surface area contributed by atoms with Gasteiger partial charge in [-0.25, -0.2) is 13.2 Å². The molecule has 0 aliphatic heterocycles. The summed E-state index contributed by atoms with van der Waals surface area (Å²) in [6.07, 6.45) is 11.1. The predicted molar refractivity (Wildman–Crippen MR) is 121 cm³/mol. The lowest BCUT2D eigenvalue weighted by atomic mass is 9.70. The van der Waals surface area contributed by atoms with Gasteiger partial charge in [0, 0.05) is 9.52 Å². The van der Waals surface area contributed by atoms with Gasteiger partial charge in [-0.05, 0) is 72.3 Å². The maximum Gasteiger partial charge on any atom is 0.194 e. The lowest BCUT2D eigenvalue weighted by Crippen LogP contribution is -2.25. The summed E-state index contributed by atoms with van der Waals surface area (Å²) >= 11 is 0. The summed E-state index contributed by atoms with van der Waals surface area (Å²) in [7, 11) is 0.192. The molecule has 2 aromatic rings. The third-order valence-electron chi connectivity index (χ3n) is 7.73. The number of benzene rings is 2. The molecule has 0 unspecified atom stereocenters. The monoisotopic (exact) mass is 430 g/mol. The van der Waals surface area contributed by atoms with E-state index in [4.69, 9.17) is 0 Å². The second-order valence-corrected chi connectivity index (χ2v) is 12.3. The molecule has 0 aromatic heterocycles. The molecule has 2 saturated carbocycles. The van der Waals surface area contributed by atoms with Gasteiger partial charge in [0.1, 0.15) is 0 Å². The van der Waals surface area contributed by atoms with E-state index in [0.29, 0.717) is 11.5 Å². The molecule has 2 fully saturated rings. The third-order valence-corrected chi connectivity index (χ3v) is 9.94. The largest absolute Gasteiger partial charge is 0.204 e. The first-order valence-electron chi connectivity index (χ1n) is 11.8. The maximum atomic E-state index is 13.5. The van der Waals surface area contributed by atoms with Crippen molar-refractivity contribution in [1.82, 2.24) is 0 Å². The molecule has 4 heteroatoms. The minimum Gasteiger partial charge on any atom is -0.204 e. The molecule has 0 bridgehead atoms. The van der Waals surface area contributed by atoms with Crippen LogP contribution in [0.15, 0.2) is 36.4 Å². The van der Waals surface area contributed by atoms with Gasteiger partial charge in [-0.3, -0.25) is 0 Å². The molecule has 0 saturated heterocycles. The van der Waals surface area contributed by atoms with Crippen LogP contribution in [0.5, 0.6) is 0 Å². The second-order valence-electron chi connectivity index (χ2n) is 9.56. The summed E-state index contributed by atoms with van der Waals surface area (Å²) in [6, 6.07) is 11.6. The Balaban J connectivity index is 1.33. The van der Waals surface area contributed by atoms with Crippen molar-refractivity contribution in [3.8, 4) is 11.1 Å². The Hall–Kier alpha value is -1.55. The Morgan fingerprint density at radius 2 is 1.27 bits per heavy atom. The van der Waals surface area contributed by atoms with Crippen molar-refractivity contribution in [3.63, 3.8) is 0 Å². The standard InChI is InChI=1S/C26H33F3Si/c1-2-30-23-13-11-20(12-14-23)19-5-3-17(4-6-19)18-7-9-21(10-8-18)22-15-24(27)26(29)25(28)16-22/h7-10,15-17,19-20,23H,2-6,11-14,30H2,1H3. The van der Waals surface area contributed by atoms with E-state index < -0.39 is 17.5 Å². The molecule has 0 nitrogen and oxygen atoms in total. The van der Waals surface area contributed by atoms with Crippen LogP contribution in [0.25, 0.3) is 11.1 Å². The Morgan fingerprint density at radius 3 is 1.80 bits per heavy atom. The molecule has 0 heterocycles. The van der Waals surface area contributed by atoms with Gasteiger partial charge in [0.05, 0.1) is 0 Å². The van der Waals surface area contributed by atoms with Crippen LogP contribution in [0.4, 0.5) is 13.2 Å². The fraction of sp³-hybridized carbons (Fsp3) is 0.538. The van der Waals surface area contributed by atoms with E-state index in [-0.39, 0.29) is 9.52 Å². The van der Waals surface area contributed by atoms with Crippen LogP contribution in [0.3, 0.4) is 0 Å². The topological polar surface area (TPSA) is 0 Å². The molecule has 0 N–H and O–H groups in total. The van der Waals surface area contributed by atoms with E-state index in [0.717, 1.165) is 35.1 Å². The maximum absolute atomic E-state index is 13.5. The summed E-state index contributed by atoms with van der Waals surface area (Å²) in [5.41, 5.74) is 3.53. The number of hydrogen-bond donors (Lipinski definition) is 0. The number of halogens is 3. The van der Waals surface area contributed by atoms with Crippen LogP contribution >= 0.6 is 0 Å². The molecule has 0 amide bonds. The van der Waals surface area contributed by atoms with Crippen LogP contribution in [-0.4, -0.2) is 9.52 Å². The van der Waals surface area contributed by atoms with E-state index in [1.165, 1.54) is 63.0 Å². The van der Waals surface area contributed by atoms with Crippen LogP contribution in [0, 0.1) is 29.3 Å². The smallest absolute Gasteiger partial charge is 0.194 e. The van der Waals surface area contributed by atoms with Crippen molar-refractivity contribution in [3.05, 3.63) is 59.4 Å². The first-order chi connectivity index (χ1) is 14.5. The van der Waals surface area contributed by atoms with E-state index in [2.05, 4.69) is 19.1 Å². The Kier molecular flexibility index (Phi) is 7.02. The van der Waals surface area contributed by atoms with Crippen molar-refractivity contribution in [2.24, 2.45) is 11.8 Å². The number of hydrogen-bond acceptors (Lipinski definition) is 0. The normalized spacial score (nSPS) is 27.6. The average molecular weight is 431 g/mol. The van der Waals surface area contributed by atoms with Gasteiger partial charge in [0.2, 0.25) is 0 Å². The van der Waals surface area contributed by atoms with Crippen molar-refractivity contribution < 1.29 is 13.2 Å². The molecule has 0 atom stereocenters. The van der Waals surface area contributed by atoms with Crippen molar-refractivity contribution in [2.45, 2.75) is 75.8 Å². The van der Waals surface area contributed by atoms with Crippen LogP contribution < -0.4 is 0 Å². The number of rotatable bonds is 5. The van der Waals surface area contributed by atoms with Gasteiger partial charge in [-0.1, -0.05) is 68.5 Å². The third kappa shape index (κ3) is 4.85. The quantitative estimate of drug-likeness (QED) is 0.338. The molecule has 2 aliphatic carbocycles. The lowest BCUT2D eigenvalue weighted by molar-refractivity contribution is 0.186. The molecule has 0 radical (unpaired) electrons. The van der Waals surface area contributed by atoms with Gasteiger partial charge >= 0.3 is 0 Å². The lowest BCUT2D eigenvalue weighted by Gasteiger charge is -2.38. The summed E-state index contributed by atoms with van der Waals surface area (Å²) in [4.78, 5) is 0. The molecule has 30 heavy (non-hydrogen) atoms. The van der Waals surface area contributed by atoms with Gasteiger partial charge < -0.3 is 0 Å². The Bertz CT molecular complexity index is 809. The molecular weight excluding hydrogens is 397 g/mol. The average Bonchev–Trinajstić information content (AvgIpc) is 2.78. The molecular formula is C26H33F3Si. The second kappa shape index (κ2) is 9.72. The highest BCUT2D eigenvalue weighted by Gasteiger charge is 2.31. The van der Waals surface area contributed by atoms with E-state index in [1.54, 1.807) is 0 Å². The minimum absolute atomic E-state index is 0.192. The zero-order chi connectivity index (χ0) is 21.1. The molecule has 2 aliphatic rings. The Labute approximate surface area is 181 Å². The van der Waals surface area contributed by atoms with E-state index >= 15 is 0 Å². The molecule has 0 spiro atoms. The highest BCUT2D eigenvalue weighted by Crippen LogP contribution is 2.45. The predicted octanol–water partition coefficient (Wildman–Crippen LogP) is 7.63. The fourth-order valence-corrected chi connectivity index (χ4v) is 7.82. The fourth-order valence-electron chi connectivity index (χ4n) is 5.95. The highest BCUT2D eigenvalue weighted by atomic mass is 28.2. The summed E-state index contributed by atoms with van der Waals surface area (Å²) in [6.45, 7) is 2.36. The molecule has 2 aromatic carbocycles. The van der Waals surface area contributed by atoms with Crippen LogP contribution in [0.1, 0.15) is 69.8 Å². The summed E-state index contributed by atoms with van der Waals surface area (Å²) in [5, 5.41) is 0. The van der Waals surface area contributed by atoms with Crippen LogP contribution in [-0.2, 0) is 0 Å². The zero-order valence-corrected chi connectivity index (χ0v) is 19.4. The Morgan fingerprint density at radius 1 is 0.733 bits per heavy atom. The van der Waals surface area contributed by atoms with Crippen molar-refractivity contribution >= 4 is 9.52 Å². The SMILES string of the molecule is CC[SiH2]C1CCC(C2CCC(c3ccc(-c4cc(F)c(F)c(F)c4)cc3)CC2)CC1. The summed E-state index contributed by atoms with van der Waals surface area (Å²) in [5.74, 6) is -1.24. The zero-order valence-electron chi connectivity index (χ0n) is 18.0. The van der Waals surface area contributed by atoms with Crippen molar-refractivity contribution in [2.75, 3.05) is 0 Å². The van der Waals surface area contributed by atoms with Crippen LogP contribution in [0.2, 0.25) is 11.6 Å². The summed E-state index contributed by atoms with van der Waals surface area (Å²) < 4.78 is 40.3. The van der Waals surface area contributed by atoms with Gasteiger partial charge in [-0.2, -0.15) is 0 Å². The molecule has 4 rings (SSSR count). The minimum atomic E-state index is -1.41. The van der Waals surface area contributed by atoms with E-state index in [9.17, 15) is 13.2 Å². The first kappa shape index (κ1) is 21.7. The molecule has 162 valence electrons. The highest BCUT2D eigenvalue weighted by molar-refractivity contribution is 6.37. The van der Waals surface area contributed by atoms with Gasteiger partial charge in [0.15, 0.2) is 17.5 Å². The van der Waals surface area contributed by atoms with Gasteiger partial charge in [-0.15, -0.1) is 0 Å².